The van der Waals surface area contributed by atoms with Gasteiger partial charge in [0.1, 0.15) is 11.2 Å². The van der Waals surface area contributed by atoms with E-state index in [2.05, 4.69) is 176 Å². The van der Waals surface area contributed by atoms with Gasteiger partial charge in [-0.1, -0.05) is 146 Å². The Hall–Kier alpha value is -7.43. The molecule has 55 heavy (non-hydrogen) atoms. The minimum atomic E-state index is 0.589. The molecule has 4 nitrogen and oxygen atoms in total. The van der Waals surface area contributed by atoms with Crippen LogP contribution in [0.4, 0.5) is 0 Å². The van der Waals surface area contributed by atoms with Crippen LogP contribution in [-0.4, -0.2) is 15.0 Å². The molecule has 0 aliphatic carbocycles. The molecule has 11 aromatic rings. The zero-order valence-electron chi connectivity index (χ0n) is 29.6. The molecule has 0 atom stereocenters. The number of rotatable bonds is 5. The van der Waals surface area contributed by atoms with Gasteiger partial charge in [0.05, 0.1) is 0 Å². The van der Waals surface area contributed by atoms with Crippen molar-refractivity contribution in [2.75, 3.05) is 0 Å². The summed E-state index contributed by atoms with van der Waals surface area (Å²) in [5.74, 6) is 1.81. The maximum Gasteiger partial charge on any atom is 0.164 e. The molecule has 0 aliphatic rings. The molecule has 0 spiro atoms. The van der Waals surface area contributed by atoms with Gasteiger partial charge in [0, 0.05) is 27.5 Å². The van der Waals surface area contributed by atoms with E-state index < -0.39 is 0 Å². The van der Waals surface area contributed by atoms with Gasteiger partial charge in [0.15, 0.2) is 17.5 Å². The lowest BCUT2D eigenvalue weighted by Gasteiger charge is -2.12. The summed E-state index contributed by atoms with van der Waals surface area (Å²) >= 11 is 0. The van der Waals surface area contributed by atoms with Crippen molar-refractivity contribution in [3.63, 3.8) is 0 Å². The van der Waals surface area contributed by atoms with Gasteiger partial charge in [-0.2, -0.15) is 0 Å². The zero-order valence-corrected chi connectivity index (χ0v) is 29.6. The lowest BCUT2D eigenvalue weighted by molar-refractivity contribution is 0.669. The lowest BCUT2D eigenvalue weighted by Crippen LogP contribution is -2.01. The van der Waals surface area contributed by atoms with Gasteiger partial charge in [0.25, 0.3) is 0 Å². The van der Waals surface area contributed by atoms with E-state index in [-0.39, 0.29) is 0 Å². The number of nitrogens with zero attached hydrogens (tertiary/aromatic N) is 3. The van der Waals surface area contributed by atoms with Gasteiger partial charge in [-0.05, 0) is 97.0 Å². The predicted octanol–water partition coefficient (Wildman–Crippen LogP) is 13.6. The van der Waals surface area contributed by atoms with Crippen LogP contribution in [0.25, 0.3) is 111 Å². The number of furan rings is 1. The maximum absolute atomic E-state index is 6.68. The molecule has 0 radical (unpaired) electrons. The van der Waals surface area contributed by atoms with Gasteiger partial charge in [0.2, 0.25) is 0 Å². The first-order chi connectivity index (χ1) is 27.2. The Morgan fingerprint density at radius 2 is 0.764 bits per heavy atom. The van der Waals surface area contributed by atoms with Crippen molar-refractivity contribution in [2.24, 2.45) is 0 Å². The molecule has 4 heteroatoms. The molecule has 0 amide bonds. The van der Waals surface area contributed by atoms with E-state index in [1.54, 1.807) is 0 Å². The molecule has 11 rings (SSSR count). The predicted molar refractivity (Wildman–Crippen MR) is 227 cm³/mol. The monoisotopic (exact) mass is 701 g/mol. The standard InChI is InChI=1S/C51H31N3O/c1-3-11-32(12-4-1)38-20-21-40-27-42(24-22-39(40)25-38)50-52-49(41-23-19-34-15-7-8-16-35(34)26-41)53-51(54-50)45-29-43(33-13-5-2-6-14-33)31-47-48(45)44-28-36-17-9-10-18-37(36)30-46(44)55-47/h1-31H. The summed E-state index contributed by atoms with van der Waals surface area (Å²) in [6.45, 7) is 0. The summed E-state index contributed by atoms with van der Waals surface area (Å²) in [5, 5.41) is 8.86. The summed E-state index contributed by atoms with van der Waals surface area (Å²) in [4.78, 5) is 15.8. The Labute approximate surface area is 317 Å². The SMILES string of the molecule is c1ccc(-c2ccc3cc(-c4nc(-c5ccc6ccccc6c5)nc(-c5cc(-c6ccccc6)cc6oc7cc8ccccc8cc7c56)n4)ccc3c2)cc1. The Morgan fingerprint density at radius 3 is 1.42 bits per heavy atom. The van der Waals surface area contributed by atoms with Crippen LogP contribution in [0.5, 0.6) is 0 Å². The Kier molecular flexibility index (Phi) is 7.14. The highest BCUT2D eigenvalue weighted by atomic mass is 16.3. The molecular weight excluding hydrogens is 671 g/mol. The fraction of sp³-hybridized carbons (Fsp3) is 0. The number of aromatic nitrogens is 3. The van der Waals surface area contributed by atoms with Gasteiger partial charge < -0.3 is 4.42 Å². The average Bonchev–Trinajstić information content (AvgIpc) is 3.62. The second-order valence-electron chi connectivity index (χ2n) is 14.1. The van der Waals surface area contributed by atoms with E-state index >= 15 is 0 Å². The summed E-state index contributed by atoms with van der Waals surface area (Å²) in [6, 6.07) is 65.9. The Morgan fingerprint density at radius 1 is 0.291 bits per heavy atom. The molecule has 0 fully saturated rings. The molecule has 256 valence electrons. The van der Waals surface area contributed by atoms with Crippen LogP contribution in [-0.2, 0) is 0 Å². The quantitative estimate of drug-likeness (QED) is 0.179. The smallest absolute Gasteiger partial charge is 0.164 e. The first-order valence-corrected chi connectivity index (χ1v) is 18.5. The van der Waals surface area contributed by atoms with E-state index in [1.165, 1.54) is 16.5 Å². The van der Waals surface area contributed by atoms with Gasteiger partial charge >= 0.3 is 0 Å². The molecular formula is C51H31N3O. The summed E-state index contributed by atoms with van der Waals surface area (Å²) in [5.41, 5.74) is 8.85. The van der Waals surface area contributed by atoms with Gasteiger partial charge in [-0.15, -0.1) is 0 Å². The second kappa shape index (κ2) is 12.6. The summed E-state index contributed by atoms with van der Waals surface area (Å²) in [6.07, 6.45) is 0. The summed E-state index contributed by atoms with van der Waals surface area (Å²) < 4.78 is 6.68. The van der Waals surface area contributed by atoms with Crippen molar-refractivity contribution in [3.05, 3.63) is 188 Å². The van der Waals surface area contributed by atoms with E-state index in [1.807, 2.05) is 12.1 Å². The minimum Gasteiger partial charge on any atom is -0.456 e. The number of fused-ring (bicyclic) bond motifs is 6. The third-order valence-corrected chi connectivity index (χ3v) is 10.6. The van der Waals surface area contributed by atoms with Crippen molar-refractivity contribution in [3.8, 4) is 56.4 Å². The fourth-order valence-electron chi connectivity index (χ4n) is 7.84. The Bertz CT molecular complexity index is 3260. The molecule has 0 bridgehead atoms. The maximum atomic E-state index is 6.68. The first-order valence-electron chi connectivity index (χ1n) is 18.5. The van der Waals surface area contributed by atoms with Crippen LogP contribution in [0.15, 0.2) is 192 Å². The van der Waals surface area contributed by atoms with Crippen molar-refractivity contribution in [2.45, 2.75) is 0 Å². The summed E-state index contributed by atoms with van der Waals surface area (Å²) in [7, 11) is 0. The number of benzene rings is 9. The van der Waals surface area contributed by atoms with E-state index in [9.17, 15) is 0 Å². The fourth-order valence-corrected chi connectivity index (χ4v) is 7.84. The molecule has 0 saturated heterocycles. The first kappa shape index (κ1) is 31.1. The lowest BCUT2D eigenvalue weighted by atomic mass is 9.97. The van der Waals surface area contributed by atoms with E-state index in [0.717, 1.165) is 76.7 Å². The number of hydrogen-bond donors (Lipinski definition) is 0. The van der Waals surface area contributed by atoms with E-state index in [0.29, 0.717) is 17.5 Å². The molecule has 0 unspecified atom stereocenters. The largest absolute Gasteiger partial charge is 0.456 e. The average molecular weight is 702 g/mol. The minimum absolute atomic E-state index is 0.589. The third-order valence-electron chi connectivity index (χ3n) is 10.6. The van der Waals surface area contributed by atoms with Crippen LogP contribution in [0.3, 0.4) is 0 Å². The van der Waals surface area contributed by atoms with Crippen LogP contribution < -0.4 is 0 Å². The van der Waals surface area contributed by atoms with Crippen LogP contribution in [0.1, 0.15) is 0 Å². The van der Waals surface area contributed by atoms with Crippen molar-refractivity contribution in [1.29, 1.82) is 0 Å². The molecule has 0 aliphatic heterocycles. The molecule has 2 aromatic heterocycles. The highest BCUT2D eigenvalue weighted by molar-refractivity contribution is 6.16. The molecule has 9 aromatic carbocycles. The molecule has 0 N–H and O–H groups in total. The number of hydrogen-bond acceptors (Lipinski definition) is 4. The molecule has 0 saturated carbocycles. The normalized spacial score (nSPS) is 11.6. The van der Waals surface area contributed by atoms with Crippen molar-refractivity contribution in [1.82, 2.24) is 15.0 Å². The highest BCUT2D eigenvalue weighted by Crippen LogP contribution is 2.41. The van der Waals surface area contributed by atoms with Crippen molar-refractivity contribution < 1.29 is 4.42 Å². The zero-order chi connectivity index (χ0) is 36.3. The van der Waals surface area contributed by atoms with Crippen LogP contribution in [0.2, 0.25) is 0 Å². The van der Waals surface area contributed by atoms with Crippen LogP contribution >= 0.6 is 0 Å². The molecule has 2 heterocycles. The second-order valence-corrected chi connectivity index (χ2v) is 14.1. The van der Waals surface area contributed by atoms with Gasteiger partial charge in [-0.25, -0.2) is 15.0 Å². The van der Waals surface area contributed by atoms with Crippen molar-refractivity contribution >= 4 is 54.3 Å². The van der Waals surface area contributed by atoms with E-state index in [4.69, 9.17) is 19.4 Å². The Balaban J connectivity index is 1.16. The third kappa shape index (κ3) is 5.51. The topological polar surface area (TPSA) is 51.8 Å². The van der Waals surface area contributed by atoms with Crippen LogP contribution in [0, 0.1) is 0 Å². The highest BCUT2D eigenvalue weighted by Gasteiger charge is 2.20. The van der Waals surface area contributed by atoms with Gasteiger partial charge in [-0.3, -0.25) is 0 Å².